The van der Waals surface area contributed by atoms with Crippen LogP contribution in [0.25, 0.3) is 0 Å². The molecule has 2 aromatic rings. The van der Waals surface area contributed by atoms with Gasteiger partial charge in [-0.2, -0.15) is 4.31 Å². The van der Waals surface area contributed by atoms with Crippen molar-refractivity contribution in [2.45, 2.75) is 31.1 Å². The minimum Gasteiger partial charge on any atom is -0.497 e. The van der Waals surface area contributed by atoms with Crippen molar-refractivity contribution >= 4 is 27.6 Å². The Morgan fingerprint density at radius 1 is 1.09 bits per heavy atom. The molecule has 0 bridgehead atoms. The lowest BCUT2D eigenvalue weighted by Crippen LogP contribution is -2.43. The van der Waals surface area contributed by atoms with E-state index in [0.717, 1.165) is 5.56 Å². The van der Waals surface area contributed by atoms with E-state index in [9.17, 15) is 18.0 Å². The lowest BCUT2D eigenvalue weighted by molar-refractivity contribution is -0.142. The number of carbonyl (C=O) groups is 2. The fourth-order valence-corrected chi connectivity index (χ4v) is 5.12. The molecule has 1 amide bonds. The zero-order chi connectivity index (χ0) is 23.1. The van der Waals surface area contributed by atoms with E-state index in [0.29, 0.717) is 37.4 Å². The standard InChI is InChI=1S/C23H28N2O6S/c1-3-31-22(26)15-17-6-8-19(9-7-17)24-23(27)18-5-4-14-25(16-18)32(28,29)21-12-10-20(30-2)11-13-21/h6-13,18H,3-5,14-16H2,1-2H3,(H,24,27). The van der Waals surface area contributed by atoms with Gasteiger partial charge in [-0.25, -0.2) is 8.42 Å². The number of esters is 1. The third kappa shape index (κ3) is 5.86. The number of rotatable bonds is 8. The van der Waals surface area contributed by atoms with Gasteiger partial charge in [0.15, 0.2) is 0 Å². The van der Waals surface area contributed by atoms with Crippen LogP contribution in [0.15, 0.2) is 53.4 Å². The van der Waals surface area contributed by atoms with Crippen molar-refractivity contribution in [3.8, 4) is 5.75 Å². The van der Waals surface area contributed by atoms with Crippen molar-refractivity contribution in [1.29, 1.82) is 0 Å². The van der Waals surface area contributed by atoms with E-state index >= 15 is 0 Å². The summed E-state index contributed by atoms with van der Waals surface area (Å²) in [5.41, 5.74) is 1.38. The van der Waals surface area contributed by atoms with E-state index < -0.39 is 15.9 Å². The molecule has 8 nitrogen and oxygen atoms in total. The molecule has 0 saturated carbocycles. The molecule has 0 aliphatic carbocycles. The summed E-state index contributed by atoms with van der Waals surface area (Å²) < 4.78 is 37.4. The van der Waals surface area contributed by atoms with E-state index in [1.54, 1.807) is 43.3 Å². The van der Waals surface area contributed by atoms with Crippen LogP contribution in [-0.2, 0) is 30.8 Å². The first-order valence-electron chi connectivity index (χ1n) is 10.5. The van der Waals surface area contributed by atoms with E-state index in [1.165, 1.54) is 23.5 Å². The maximum atomic E-state index is 13.0. The molecule has 32 heavy (non-hydrogen) atoms. The Balaban J connectivity index is 1.62. The van der Waals surface area contributed by atoms with Crippen LogP contribution in [0.1, 0.15) is 25.3 Å². The highest BCUT2D eigenvalue weighted by atomic mass is 32.2. The molecule has 1 N–H and O–H groups in total. The first-order valence-corrected chi connectivity index (χ1v) is 12.0. The Labute approximate surface area is 188 Å². The van der Waals surface area contributed by atoms with Crippen LogP contribution in [0.5, 0.6) is 5.75 Å². The molecule has 0 spiro atoms. The normalized spacial score (nSPS) is 16.9. The Morgan fingerprint density at radius 2 is 1.78 bits per heavy atom. The summed E-state index contributed by atoms with van der Waals surface area (Å²) in [6.45, 7) is 2.59. The highest BCUT2D eigenvalue weighted by Gasteiger charge is 2.33. The molecule has 2 aromatic carbocycles. The summed E-state index contributed by atoms with van der Waals surface area (Å²) in [6.07, 6.45) is 1.39. The van der Waals surface area contributed by atoms with E-state index in [1.807, 2.05) is 0 Å². The monoisotopic (exact) mass is 460 g/mol. The topological polar surface area (TPSA) is 102 Å². The minimum absolute atomic E-state index is 0.126. The van der Waals surface area contributed by atoms with E-state index in [-0.39, 0.29) is 29.7 Å². The van der Waals surface area contributed by atoms with Gasteiger partial charge in [0.2, 0.25) is 15.9 Å². The molecule has 1 aliphatic rings. The van der Waals surface area contributed by atoms with Crippen LogP contribution in [0.2, 0.25) is 0 Å². The van der Waals surface area contributed by atoms with Crippen LogP contribution >= 0.6 is 0 Å². The Kier molecular flexibility index (Phi) is 7.87. The summed E-state index contributed by atoms with van der Waals surface area (Å²) in [5, 5.41) is 2.85. The zero-order valence-electron chi connectivity index (χ0n) is 18.2. The number of piperidine rings is 1. The molecule has 1 saturated heterocycles. The smallest absolute Gasteiger partial charge is 0.310 e. The number of amides is 1. The predicted octanol–water partition coefficient (Wildman–Crippen LogP) is 2.84. The molecular weight excluding hydrogens is 432 g/mol. The van der Waals surface area contributed by atoms with Gasteiger partial charge in [0.1, 0.15) is 5.75 Å². The van der Waals surface area contributed by atoms with Crippen molar-refractivity contribution in [2.24, 2.45) is 5.92 Å². The quantitative estimate of drug-likeness (QED) is 0.608. The third-order valence-electron chi connectivity index (χ3n) is 5.33. The molecule has 1 unspecified atom stereocenters. The molecule has 1 heterocycles. The zero-order valence-corrected chi connectivity index (χ0v) is 19.1. The lowest BCUT2D eigenvalue weighted by Gasteiger charge is -2.31. The first kappa shape index (κ1) is 23.7. The van der Waals surface area contributed by atoms with Crippen LogP contribution in [-0.4, -0.2) is 51.4 Å². The third-order valence-corrected chi connectivity index (χ3v) is 7.21. The Bertz CT molecular complexity index is 1040. The largest absolute Gasteiger partial charge is 0.497 e. The van der Waals surface area contributed by atoms with Crippen LogP contribution in [0.4, 0.5) is 5.69 Å². The molecule has 1 fully saturated rings. The second kappa shape index (κ2) is 10.6. The van der Waals surface area contributed by atoms with Gasteiger partial charge in [-0.3, -0.25) is 9.59 Å². The number of nitrogens with one attached hydrogen (secondary N) is 1. The van der Waals surface area contributed by atoms with Gasteiger partial charge >= 0.3 is 5.97 Å². The fraction of sp³-hybridized carbons (Fsp3) is 0.391. The van der Waals surface area contributed by atoms with E-state index in [2.05, 4.69) is 5.32 Å². The Hall–Kier alpha value is -2.91. The Morgan fingerprint density at radius 3 is 2.41 bits per heavy atom. The highest BCUT2D eigenvalue weighted by molar-refractivity contribution is 7.89. The highest BCUT2D eigenvalue weighted by Crippen LogP contribution is 2.26. The van der Waals surface area contributed by atoms with Gasteiger partial charge < -0.3 is 14.8 Å². The minimum atomic E-state index is -3.69. The molecule has 3 rings (SSSR count). The summed E-state index contributed by atoms with van der Waals surface area (Å²) in [6, 6.07) is 13.2. The van der Waals surface area contributed by atoms with Crippen LogP contribution in [0, 0.1) is 5.92 Å². The molecule has 1 atom stereocenters. The van der Waals surface area contributed by atoms with Gasteiger partial charge in [-0.1, -0.05) is 12.1 Å². The van der Waals surface area contributed by atoms with Gasteiger partial charge in [-0.15, -0.1) is 0 Å². The number of nitrogens with zero attached hydrogens (tertiary/aromatic N) is 1. The summed E-state index contributed by atoms with van der Waals surface area (Å²) in [7, 11) is -2.18. The van der Waals surface area contributed by atoms with Crippen molar-refractivity contribution in [2.75, 3.05) is 32.1 Å². The molecule has 1 aliphatic heterocycles. The van der Waals surface area contributed by atoms with Gasteiger partial charge in [0.05, 0.1) is 31.0 Å². The van der Waals surface area contributed by atoms with Crippen LogP contribution in [0.3, 0.4) is 0 Å². The number of benzene rings is 2. The number of hydrogen-bond donors (Lipinski definition) is 1. The molecule has 9 heteroatoms. The second-order valence-corrected chi connectivity index (χ2v) is 9.48. The maximum Gasteiger partial charge on any atom is 0.310 e. The van der Waals surface area contributed by atoms with Crippen molar-refractivity contribution in [3.63, 3.8) is 0 Å². The number of methoxy groups -OCH3 is 1. The summed E-state index contributed by atoms with van der Waals surface area (Å²) >= 11 is 0. The summed E-state index contributed by atoms with van der Waals surface area (Å²) in [5.74, 6) is -0.397. The molecule has 0 aromatic heterocycles. The number of ether oxygens (including phenoxy) is 2. The van der Waals surface area contributed by atoms with Crippen LogP contribution < -0.4 is 10.1 Å². The summed E-state index contributed by atoms with van der Waals surface area (Å²) in [4.78, 5) is 24.5. The van der Waals surface area contributed by atoms with E-state index in [4.69, 9.17) is 9.47 Å². The van der Waals surface area contributed by atoms with Gasteiger partial charge in [-0.05, 0) is 61.7 Å². The average molecular weight is 461 g/mol. The number of hydrogen-bond acceptors (Lipinski definition) is 6. The lowest BCUT2D eigenvalue weighted by atomic mass is 9.98. The first-order chi connectivity index (χ1) is 15.3. The van der Waals surface area contributed by atoms with Gasteiger partial charge in [0, 0.05) is 18.8 Å². The predicted molar refractivity (Wildman–Crippen MR) is 120 cm³/mol. The van der Waals surface area contributed by atoms with Gasteiger partial charge in [0.25, 0.3) is 0 Å². The van der Waals surface area contributed by atoms with Crippen molar-refractivity contribution in [3.05, 3.63) is 54.1 Å². The average Bonchev–Trinajstić information content (AvgIpc) is 2.80. The van der Waals surface area contributed by atoms with Crippen molar-refractivity contribution in [1.82, 2.24) is 4.31 Å². The number of carbonyl (C=O) groups excluding carboxylic acids is 2. The maximum absolute atomic E-state index is 13.0. The SMILES string of the molecule is CCOC(=O)Cc1ccc(NC(=O)C2CCCN(S(=O)(=O)c3ccc(OC)cc3)C2)cc1. The molecule has 172 valence electrons. The number of sulfonamides is 1. The second-order valence-electron chi connectivity index (χ2n) is 7.55. The molecule has 0 radical (unpaired) electrons. The number of anilines is 1. The van der Waals surface area contributed by atoms with Crippen molar-refractivity contribution < 1.29 is 27.5 Å². The molecular formula is C23H28N2O6S. The fourth-order valence-electron chi connectivity index (χ4n) is 3.60.